The number of fused-ring (bicyclic) bond motifs is 1. The van der Waals surface area contributed by atoms with Crippen LogP contribution >= 0.6 is 0 Å². The summed E-state index contributed by atoms with van der Waals surface area (Å²) in [4.78, 5) is 19.2. The highest BCUT2D eigenvalue weighted by Gasteiger charge is 2.59. The fourth-order valence-electron chi connectivity index (χ4n) is 3.86. The van der Waals surface area contributed by atoms with Gasteiger partial charge in [0.2, 0.25) is 11.8 Å². The largest absolute Gasteiger partial charge is 0.377 e. The Morgan fingerprint density at radius 1 is 1.35 bits per heavy atom. The number of ether oxygens (including phenoxy) is 1. The third-order valence-electron chi connectivity index (χ3n) is 5.27. The minimum absolute atomic E-state index is 0.0103. The summed E-state index contributed by atoms with van der Waals surface area (Å²) in [5.74, 6) is 1.22. The quantitative estimate of drug-likeness (QED) is 0.633. The Hall–Kier alpha value is -1.96. The molecule has 3 aliphatic rings. The Labute approximate surface area is 134 Å². The van der Waals surface area contributed by atoms with Crippen LogP contribution in [0.2, 0.25) is 0 Å². The molecule has 0 aromatic carbocycles. The maximum atomic E-state index is 11.1. The third kappa shape index (κ3) is 2.41. The lowest BCUT2D eigenvalue weighted by Crippen LogP contribution is -2.63. The van der Waals surface area contributed by atoms with Gasteiger partial charge in [0.05, 0.1) is 11.0 Å². The minimum Gasteiger partial charge on any atom is -0.377 e. The van der Waals surface area contributed by atoms with E-state index in [1.165, 1.54) is 6.20 Å². The zero-order valence-corrected chi connectivity index (χ0v) is 13.3. The molecule has 23 heavy (non-hydrogen) atoms. The molecule has 8 heteroatoms. The first kappa shape index (κ1) is 14.6. The molecule has 124 valence electrons. The van der Waals surface area contributed by atoms with Gasteiger partial charge in [0.1, 0.15) is 6.20 Å². The molecule has 4 rings (SSSR count). The SMILES string of the molecule is CC1(C)[C@H](Nc2ncc([N+](=O)[O-])c(NC3CC3)n2)[C@@H]2CCO[C@H]21. The number of aromatic nitrogens is 2. The van der Waals surface area contributed by atoms with Gasteiger partial charge in [-0.2, -0.15) is 4.98 Å². The average molecular weight is 319 g/mol. The Morgan fingerprint density at radius 3 is 2.83 bits per heavy atom. The van der Waals surface area contributed by atoms with Crippen molar-refractivity contribution in [2.45, 2.75) is 51.3 Å². The van der Waals surface area contributed by atoms with Crippen LogP contribution in [0, 0.1) is 21.4 Å². The van der Waals surface area contributed by atoms with Crippen molar-refractivity contribution in [3.8, 4) is 0 Å². The molecule has 1 aromatic heterocycles. The van der Waals surface area contributed by atoms with Crippen molar-refractivity contribution < 1.29 is 9.66 Å². The van der Waals surface area contributed by atoms with E-state index in [1.54, 1.807) is 0 Å². The number of nitrogens with one attached hydrogen (secondary N) is 2. The Bertz CT molecular complexity index is 646. The number of anilines is 2. The Kier molecular flexibility index (Phi) is 3.19. The molecule has 0 radical (unpaired) electrons. The van der Waals surface area contributed by atoms with Crippen LogP contribution in [0.15, 0.2) is 6.20 Å². The lowest BCUT2D eigenvalue weighted by Gasteiger charge is -2.54. The Morgan fingerprint density at radius 2 is 2.13 bits per heavy atom. The molecular weight excluding hydrogens is 298 g/mol. The van der Waals surface area contributed by atoms with E-state index in [0.29, 0.717) is 23.7 Å². The van der Waals surface area contributed by atoms with Crippen LogP contribution in [0.5, 0.6) is 0 Å². The summed E-state index contributed by atoms with van der Waals surface area (Å²) < 4.78 is 5.79. The maximum Gasteiger partial charge on any atom is 0.329 e. The molecule has 1 aromatic rings. The van der Waals surface area contributed by atoms with Gasteiger partial charge in [-0.3, -0.25) is 10.1 Å². The summed E-state index contributed by atoms with van der Waals surface area (Å²) in [6.07, 6.45) is 4.66. The van der Waals surface area contributed by atoms with Gasteiger partial charge in [-0.1, -0.05) is 13.8 Å². The third-order valence-corrected chi connectivity index (χ3v) is 5.27. The lowest BCUT2D eigenvalue weighted by atomic mass is 9.57. The van der Waals surface area contributed by atoms with E-state index in [2.05, 4.69) is 34.4 Å². The van der Waals surface area contributed by atoms with E-state index in [4.69, 9.17) is 4.74 Å². The summed E-state index contributed by atoms with van der Waals surface area (Å²) in [5, 5.41) is 17.6. The highest BCUT2D eigenvalue weighted by molar-refractivity contribution is 5.58. The highest BCUT2D eigenvalue weighted by atomic mass is 16.6. The van der Waals surface area contributed by atoms with Crippen LogP contribution in [0.1, 0.15) is 33.1 Å². The van der Waals surface area contributed by atoms with Gasteiger partial charge in [0, 0.05) is 30.0 Å². The molecule has 0 spiro atoms. The van der Waals surface area contributed by atoms with Crippen molar-refractivity contribution in [1.82, 2.24) is 9.97 Å². The van der Waals surface area contributed by atoms with Crippen LogP contribution in [-0.4, -0.2) is 39.7 Å². The monoisotopic (exact) mass is 319 g/mol. The van der Waals surface area contributed by atoms with Gasteiger partial charge in [-0.15, -0.1) is 0 Å². The molecular formula is C15H21N5O3. The Balaban J connectivity index is 1.56. The van der Waals surface area contributed by atoms with E-state index in [0.717, 1.165) is 25.9 Å². The topological polar surface area (TPSA) is 102 Å². The molecule has 2 aliphatic carbocycles. The van der Waals surface area contributed by atoms with Crippen LogP contribution in [-0.2, 0) is 4.74 Å². The molecule has 0 unspecified atom stereocenters. The van der Waals surface area contributed by atoms with Crippen molar-refractivity contribution in [3.05, 3.63) is 16.3 Å². The zero-order valence-electron chi connectivity index (χ0n) is 13.3. The molecule has 2 heterocycles. The molecule has 0 amide bonds. The van der Waals surface area contributed by atoms with Crippen molar-refractivity contribution >= 4 is 17.5 Å². The molecule has 2 saturated carbocycles. The average Bonchev–Trinajstić information content (AvgIpc) is 3.19. The number of nitrogens with zero attached hydrogens (tertiary/aromatic N) is 3. The van der Waals surface area contributed by atoms with E-state index < -0.39 is 4.92 Å². The highest BCUT2D eigenvalue weighted by Crippen LogP contribution is 2.53. The molecule has 1 saturated heterocycles. The van der Waals surface area contributed by atoms with Crippen molar-refractivity contribution in [1.29, 1.82) is 0 Å². The molecule has 1 aliphatic heterocycles. The second-order valence-corrected chi connectivity index (χ2v) is 7.29. The van der Waals surface area contributed by atoms with Crippen LogP contribution in [0.3, 0.4) is 0 Å². The molecule has 0 bridgehead atoms. The summed E-state index contributed by atoms with van der Waals surface area (Å²) >= 11 is 0. The van der Waals surface area contributed by atoms with Gasteiger partial charge < -0.3 is 15.4 Å². The molecule has 3 fully saturated rings. The van der Waals surface area contributed by atoms with Crippen molar-refractivity contribution in [3.63, 3.8) is 0 Å². The number of hydrogen-bond donors (Lipinski definition) is 2. The van der Waals surface area contributed by atoms with Crippen LogP contribution in [0.25, 0.3) is 0 Å². The van der Waals surface area contributed by atoms with Crippen molar-refractivity contribution in [2.24, 2.45) is 11.3 Å². The molecule has 3 atom stereocenters. The predicted octanol–water partition coefficient (Wildman–Crippen LogP) is 2.18. The summed E-state index contributed by atoms with van der Waals surface area (Å²) in [7, 11) is 0. The second-order valence-electron chi connectivity index (χ2n) is 7.29. The maximum absolute atomic E-state index is 11.1. The lowest BCUT2D eigenvalue weighted by molar-refractivity contribution is -0.384. The molecule has 2 N–H and O–H groups in total. The zero-order chi connectivity index (χ0) is 16.2. The van der Waals surface area contributed by atoms with Gasteiger partial charge in [0.15, 0.2) is 0 Å². The summed E-state index contributed by atoms with van der Waals surface area (Å²) in [6.45, 7) is 5.14. The first-order valence-electron chi connectivity index (χ1n) is 8.13. The fraction of sp³-hybridized carbons (Fsp3) is 0.733. The smallest absolute Gasteiger partial charge is 0.329 e. The number of nitro groups is 1. The number of rotatable bonds is 5. The summed E-state index contributed by atoms with van der Waals surface area (Å²) in [5.41, 5.74) is -0.0616. The molecule has 8 nitrogen and oxygen atoms in total. The minimum atomic E-state index is -0.442. The summed E-state index contributed by atoms with van der Waals surface area (Å²) in [6, 6.07) is 0.523. The first-order valence-corrected chi connectivity index (χ1v) is 8.13. The van der Waals surface area contributed by atoms with E-state index in [9.17, 15) is 10.1 Å². The van der Waals surface area contributed by atoms with E-state index in [-0.39, 0.29) is 23.2 Å². The van der Waals surface area contributed by atoms with Gasteiger partial charge in [0.25, 0.3) is 0 Å². The standard InChI is InChI=1S/C15H21N5O3/c1-15(2)11(9-5-6-23-12(9)15)18-14-16-7-10(20(21)22)13(19-14)17-8-3-4-8/h7-9,11-12H,3-6H2,1-2H3,(H2,16,17,18,19)/t9-,11+,12+/m0/s1. The van der Waals surface area contributed by atoms with Gasteiger partial charge >= 0.3 is 5.69 Å². The van der Waals surface area contributed by atoms with Crippen LogP contribution in [0.4, 0.5) is 17.5 Å². The van der Waals surface area contributed by atoms with Gasteiger partial charge in [-0.25, -0.2) is 4.98 Å². The normalized spacial score (nSPS) is 31.1. The number of hydrogen-bond acceptors (Lipinski definition) is 7. The van der Waals surface area contributed by atoms with Gasteiger partial charge in [-0.05, 0) is 19.3 Å². The van der Waals surface area contributed by atoms with E-state index >= 15 is 0 Å². The van der Waals surface area contributed by atoms with Crippen LogP contribution < -0.4 is 10.6 Å². The predicted molar refractivity (Wildman–Crippen MR) is 84.4 cm³/mol. The van der Waals surface area contributed by atoms with E-state index in [1.807, 2.05) is 0 Å². The van der Waals surface area contributed by atoms with Crippen molar-refractivity contribution in [2.75, 3.05) is 17.2 Å². The second kappa shape index (κ2) is 5.02. The first-order chi connectivity index (χ1) is 11.0. The fourth-order valence-corrected chi connectivity index (χ4v) is 3.86.